The van der Waals surface area contributed by atoms with Crippen molar-refractivity contribution in [2.45, 2.75) is 11.8 Å². The summed E-state index contributed by atoms with van der Waals surface area (Å²) in [4.78, 5) is 4.39. The molecule has 2 nitrogen and oxygen atoms in total. The zero-order chi connectivity index (χ0) is 11.7. The summed E-state index contributed by atoms with van der Waals surface area (Å²) in [5, 5.41) is 7.41. The Balaban J connectivity index is 1.92. The van der Waals surface area contributed by atoms with Crippen LogP contribution in [0.15, 0.2) is 35.8 Å². The first-order valence-corrected chi connectivity index (χ1v) is 6.89. The number of thiazole rings is 1. The fraction of sp³-hybridized carbons (Fsp3) is 0.308. The van der Waals surface area contributed by atoms with Crippen molar-refractivity contribution < 1.29 is 0 Å². The van der Waals surface area contributed by atoms with Gasteiger partial charge in [0, 0.05) is 41.5 Å². The average Bonchev–Trinajstić information content (AvgIpc) is 2.76. The van der Waals surface area contributed by atoms with Crippen LogP contribution < -0.4 is 5.32 Å². The van der Waals surface area contributed by atoms with Gasteiger partial charge in [-0.3, -0.25) is 0 Å². The van der Waals surface area contributed by atoms with Crippen LogP contribution in [0.1, 0.15) is 10.6 Å². The van der Waals surface area contributed by atoms with Crippen molar-refractivity contribution >= 4 is 22.9 Å². The van der Waals surface area contributed by atoms with Gasteiger partial charge >= 0.3 is 0 Å². The molecule has 0 radical (unpaired) electrons. The molecule has 88 valence electrons. The molecule has 1 fully saturated rings. The molecule has 1 aromatic carbocycles. The summed E-state index contributed by atoms with van der Waals surface area (Å²) in [5.74, 6) is 0. The highest BCUT2D eigenvalue weighted by molar-refractivity contribution is 7.09. The topological polar surface area (TPSA) is 24.9 Å². The van der Waals surface area contributed by atoms with Gasteiger partial charge in [-0.15, -0.1) is 11.3 Å². The molecule has 1 aromatic heterocycles. The number of nitrogens with zero attached hydrogens (tertiary/aromatic N) is 1. The van der Waals surface area contributed by atoms with E-state index in [0.29, 0.717) is 0 Å². The molecule has 3 rings (SSSR count). The van der Waals surface area contributed by atoms with Crippen molar-refractivity contribution in [3.63, 3.8) is 0 Å². The predicted octanol–water partition coefficient (Wildman–Crippen LogP) is 2.88. The lowest BCUT2D eigenvalue weighted by Gasteiger charge is -2.43. The Morgan fingerprint density at radius 1 is 1.41 bits per heavy atom. The Hall–Kier alpha value is -0.900. The van der Waals surface area contributed by atoms with E-state index in [0.717, 1.165) is 24.5 Å². The van der Waals surface area contributed by atoms with Gasteiger partial charge in [0.1, 0.15) is 0 Å². The standard InChI is InChI=1S/C13H13ClN2S/c14-11-3-1-2-10(6-11)13(8-15-9-13)7-12-16-4-5-17-12/h1-6,15H,7-9H2. The van der Waals surface area contributed by atoms with Gasteiger partial charge in [-0.05, 0) is 17.7 Å². The minimum absolute atomic E-state index is 0.183. The Bertz CT molecular complexity index is 506. The number of aromatic nitrogens is 1. The van der Waals surface area contributed by atoms with Crippen molar-refractivity contribution in [1.82, 2.24) is 10.3 Å². The Morgan fingerprint density at radius 2 is 2.29 bits per heavy atom. The molecule has 1 N–H and O–H groups in total. The van der Waals surface area contributed by atoms with Crippen LogP contribution in [0.3, 0.4) is 0 Å². The monoisotopic (exact) mass is 264 g/mol. The Kier molecular flexibility index (Phi) is 2.90. The van der Waals surface area contributed by atoms with Gasteiger partial charge < -0.3 is 5.32 Å². The Labute approximate surface area is 110 Å². The van der Waals surface area contributed by atoms with Crippen molar-refractivity contribution in [2.75, 3.05) is 13.1 Å². The SMILES string of the molecule is Clc1cccc(C2(Cc3nccs3)CNC2)c1. The maximum absolute atomic E-state index is 6.08. The number of benzene rings is 1. The number of hydrogen-bond donors (Lipinski definition) is 1. The molecule has 0 saturated carbocycles. The zero-order valence-corrected chi connectivity index (χ0v) is 10.9. The summed E-state index contributed by atoms with van der Waals surface area (Å²) < 4.78 is 0. The number of nitrogens with one attached hydrogen (secondary N) is 1. The number of hydrogen-bond acceptors (Lipinski definition) is 3. The van der Waals surface area contributed by atoms with E-state index < -0.39 is 0 Å². The molecular weight excluding hydrogens is 252 g/mol. The van der Waals surface area contributed by atoms with Crippen molar-refractivity contribution in [3.8, 4) is 0 Å². The van der Waals surface area contributed by atoms with Crippen LogP contribution in [0.25, 0.3) is 0 Å². The van der Waals surface area contributed by atoms with Crippen LogP contribution in [0.4, 0.5) is 0 Å². The van der Waals surface area contributed by atoms with E-state index in [1.807, 2.05) is 23.7 Å². The molecule has 4 heteroatoms. The summed E-state index contributed by atoms with van der Waals surface area (Å²) in [6, 6.07) is 8.20. The third-order valence-corrected chi connectivity index (χ3v) is 4.35. The highest BCUT2D eigenvalue weighted by Crippen LogP contribution is 2.34. The van der Waals surface area contributed by atoms with E-state index in [9.17, 15) is 0 Å². The van der Waals surface area contributed by atoms with Crippen LogP contribution in [0.2, 0.25) is 5.02 Å². The largest absolute Gasteiger partial charge is 0.315 e. The minimum Gasteiger partial charge on any atom is -0.315 e. The van der Waals surface area contributed by atoms with Crippen molar-refractivity contribution in [2.24, 2.45) is 0 Å². The fourth-order valence-corrected chi connectivity index (χ4v) is 3.26. The van der Waals surface area contributed by atoms with E-state index in [1.54, 1.807) is 11.3 Å². The molecule has 0 amide bonds. The minimum atomic E-state index is 0.183. The highest BCUT2D eigenvalue weighted by atomic mass is 35.5. The van der Waals surface area contributed by atoms with Crippen LogP contribution in [0.5, 0.6) is 0 Å². The Morgan fingerprint density at radius 3 is 2.88 bits per heavy atom. The van der Waals surface area contributed by atoms with E-state index in [1.165, 1.54) is 10.6 Å². The van der Waals surface area contributed by atoms with Crippen LogP contribution in [-0.4, -0.2) is 18.1 Å². The van der Waals surface area contributed by atoms with Gasteiger partial charge in [-0.2, -0.15) is 0 Å². The molecule has 0 unspecified atom stereocenters. The van der Waals surface area contributed by atoms with E-state index in [4.69, 9.17) is 11.6 Å². The normalized spacial score (nSPS) is 17.7. The highest BCUT2D eigenvalue weighted by Gasteiger charge is 2.39. The molecule has 0 spiro atoms. The third-order valence-electron chi connectivity index (χ3n) is 3.34. The van der Waals surface area contributed by atoms with Gasteiger partial charge in [0.25, 0.3) is 0 Å². The van der Waals surface area contributed by atoms with E-state index in [-0.39, 0.29) is 5.41 Å². The second kappa shape index (κ2) is 4.41. The van der Waals surface area contributed by atoms with E-state index >= 15 is 0 Å². The maximum atomic E-state index is 6.08. The van der Waals surface area contributed by atoms with Crippen molar-refractivity contribution in [3.05, 3.63) is 51.4 Å². The lowest BCUT2D eigenvalue weighted by Crippen LogP contribution is -2.58. The molecular formula is C13H13ClN2S. The molecule has 1 aliphatic rings. The number of halogens is 1. The number of rotatable bonds is 3. The van der Waals surface area contributed by atoms with Gasteiger partial charge in [-0.1, -0.05) is 23.7 Å². The smallest absolute Gasteiger partial charge is 0.0934 e. The lowest BCUT2D eigenvalue weighted by atomic mass is 9.73. The first-order valence-electron chi connectivity index (χ1n) is 5.64. The molecule has 1 aliphatic heterocycles. The van der Waals surface area contributed by atoms with E-state index in [2.05, 4.69) is 22.4 Å². The van der Waals surface area contributed by atoms with Crippen LogP contribution in [0, 0.1) is 0 Å². The van der Waals surface area contributed by atoms with Crippen LogP contribution >= 0.6 is 22.9 Å². The molecule has 0 bridgehead atoms. The molecule has 0 aliphatic carbocycles. The zero-order valence-electron chi connectivity index (χ0n) is 9.32. The first kappa shape index (κ1) is 11.2. The molecule has 17 heavy (non-hydrogen) atoms. The molecule has 1 saturated heterocycles. The van der Waals surface area contributed by atoms with Gasteiger partial charge in [-0.25, -0.2) is 4.98 Å². The first-order chi connectivity index (χ1) is 8.28. The van der Waals surface area contributed by atoms with Gasteiger partial charge in [0.2, 0.25) is 0 Å². The van der Waals surface area contributed by atoms with Gasteiger partial charge in [0.15, 0.2) is 0 Å². The quantitative estimate of drug-likeness (QED) is 0.922. The molecule has 2 heterocycles. The third kappa shape index (κ3) is 2.10. The summed E-state index contributed by atoms with van der Waals surface area (Å²) >= 11 is 7.81. The lowest BCUT2D eigenvalue weighted by molar-refractivity contribution is 0.274. The predicted molar refractivity (Wildman–Crippen MR) is 71.8 cm³/mol. The summed E-state index contributed by atoms with van der Waals surface area (Å²) in [6.45, 7) is 2.01. The second-order valence-corrected chi connectivity index (χ2v) is 5.91. The van der Waals surface area contributed by atoms with Crippen LogP contribution in [-0.2, 0) is 11.8 Å². The molecule has 0 atom stereocenters. The molecule has 2 aromatic rings. The summed E-state index contributed by atoms with van der Waals surface area (Å²) in [6.07, 6.45) is 2.87. The summed E-state index contributed by atoms with van der Waals surface area (Å²) in [7, 11) is 0. The average molecular weight is 265 g/mol. The second-order valence-electron chi connectivity index (χ2n) is 4.50. The fourth-order valence-electron chi connectivity index (χ4n) is 2.31. The summed E-state index contributed by atoms with van der Waals surface area (Å²) in [5.41, 5.74) is 1.50. The van der Waals surface area contributed by atoms with Crippen molar-refractivity contribution in [1.29, 1.82) is 0 Å². The maximum Gasteiger partial charge on any atom is 0.0934 e. The van der Waals surface area contributed by atoms with Gasteiger partial charge in [0.05, 0.1) is 5.01 Å².